The number of nitrogens with zero attached hydrogens (tertiary/aromatic N) is 2. The van der Waals surface area contributed by atoms with Gasteiger partial charge in [-0.2, -0.15) is 0 Å². The van der Waals surface area contributed by atoms with Crippen LogP contribution in [-0.2, 0) is 0 Å². The lowest BCUT2D eigenvalue weighted by molar-refractivity contribution is 0.802. The van der Waals surface area contributed by atoms with Crippen LogP contribution < -0.4 is 5.56 Å². The largest absolute Gasteiger partial charge is 0.304 e. The molecule has 0 radical (unpaired) electrons. The molecule has 0 saturated heterocycles. The zero-order valence-electron chi connectivity index (χ0n) is 9.87. The third-order valence-corrected chi connectivity index (χ3v) is 3.49. The molecule has 4 nitrogen and oxygen atoms in total. The minimum absolute atomic E-state index is 0.128. The molecule has 0 aliphatic rings. The zero-order chi connectivity index (χ0) is 13.3. The third-order valence-electron chi connectivity index (χ3n) is 2.42. The Balaban J connectivity index is 2.67. The van der Waals surface area contributed by atoms with Crippen molar-refractivity contribution in [2.45, 2.75) is 19.8 Å². The van der Waals surface area contributed by atoms with E-state index in [9.17, 15) is 4.79 Å². The van der Waals surface area contributed by atoms with Crippen LogP contribution in [0.3, 0.4) is 0 Å². The summed E-state index contributed by atoms with van der Waals surface area (Å²) in [7, 11) is 0. The minimum atomic E-state index is -0.231. The highest BCUT2D eigenvalue weighted by atomic mass is 79.9. The predicted molar refractivity (Wildman–Crippen MR) is 74.9 cm³/mol. The summed E-state index contributed by atoms with van der Waals surface area (Å²) in [5.41, 5.74) is 0.937. The van der Waals surface area contributed by atoms with Gasteiger partial charge in [0.25, 0.3) is 5.56 Å². The molecule has 0 spiro atoms. The Hall–Kier alpha value is -1.20. The summed E-state index contributed by atoms with van der Waals surface area (Å²) in [5, 5.41) is 0.456. The Kier molecular flexibility index (Phi) is 3.82. The van der Waals surface area contributed by atoms with Crippen LogP contribution in [0.5, 0.6) is 0 Å². The maximum Gasteiger partial charge on any atom is 0.265 e. The number of hydrogen-bond acceptors (Lipinski definition) is 3. The SMILES string of the molecule is CC(C)c1nc(-c2ncccc2Cl)[nH]c(=O)c1Br. The predicted octanol–water partition coefficient (Wildman–Crippen LogP) is 3.37. The first-order valence-electron chi connectivity index (χ1n) is 5.41. The Labute approximate surface area is 118 Å². The van der Waals surface area contributed by atoms with Crippen LogP contribution in [0.25, 0.3) is 11.5 Å². The van der Waals surface area contributed by atoms with Gasteiger partial charge in [-0.3, -0.25) is 9.78 Å². The normalized spacial score (nSPS) is 10.9. The second-order valence-corrected chi connectivity index (χ2v) is 5.30. The van der Waals surface area contributed by atoms with Gasteiger partial charge in [0.05, 0.1) is 10.7 Å². The second-order valence-electron chi connectivity index (χ2n) is 4.10. The highest BCUT2D eigenvalue weighted by Gasteiger charge is 2.15. The second kappa shape index (κ2) is 5.20. The first-order valence-corrected chi connectivity index (χ1v) is 6.58. The summed E-state index contributed by atoms with van der Waals surface area (Å²) in [6.07, 6.45) is 1.61. The van der Waals surface area contributed by atoms with E-state index in [-0.39, 0.29) is 11.5 Å². The van der Waals surface area contributed by atoms with Crippen LogP contribution in [0, 0.1) is 0 Å². The molecule has 0 aliphatic carbocycles. The van der Waals surface area contributed by atoms with Crippen LogP contribution >= 0.6 is 27.5 Å². The Morgan fingerprint density at radius 1 is 1.44 bits per heavy atom. The molecule has 18 heavy (non-hydrogen) atoms. The number of halogens is 2. The Morgan fingerprint density at radius 3 is 2.78 bits per heavy atom. The molecule has 1 N–H and O–H groups in total. The van der Waals surface area contributed by atoms with Gasteiger partial charge in [0.1, 0.15) is 10.2 Å². The monoisotopic (exact) mass is 327 g/mol. The van der Waals surface area contributed by atoms with Crippen molar-refractivity contribution in [2.24, 2.45) is 0 Å². The zero-order valence-corrected chi connectivity index (χ0v) is 12.2. The van der Waals surface area contributed by atoms with Gasteiger partial charge in [0.2, 0.25) is 0 Å². The molecule has 0 aromatic carbocycles. The molecule has 0 atom stereocenters. The first-order chi connectivity index (χ1) is 8.50. The van der Waals surface area contributed by atoms with E-state index in [1.165, 1.54) is 0 Å². The fourth-order valence-corrected chi connectivity index (χ4v) is 2.39. The van der Waals surface area contributed by atoms with Gasteiger partial charge in [-0.05, 0) is 34.0 Å². The van der Waals surface area contributed by atoms with E-state index in [4.69, 9.17) is 11.6 Å². The third kappa shape index (κ3) is 2.47. The molecule has 0 bridgehead atoms. The van der Waals surface area contributed by atoms with Crippen molar-refractivity contribution in [1.29, 1.82) is 0 Å². The average Bonchev–Trinajstić information content (AvgIpc) is 2.33. The van der Waals surface area contributed by atoms with Gasteiger partial charge in [0.15, 0.2) is 5.82 Å². The van der Waals surface area contributed by atoms with Crippen LogP contribution in [0.4, 0.5) is 0 Å². The van der Waals surface area contributed by atoms with Crippen LogP contribution in [-0.4, -0.2) is 15.0 Å². The molecule has 0 unspecified atom stereocenters. The van der Waals surface area contributed by atoms with E-state index in [0.29, 0.717) is 26.7 Å². The molecule has 2 aromatic rings. The summed E-state index contributed by atoms with van der Waals surface area (Å²) in [4.78, 5) is 23.1. The van der Waals surface area contributed by atoms with Gasteiger partial charge >= 0.3 is 0 Å². The molecule has 0 amide bonds. The smallest absolute Gasteiger partial charge is 0.265 e. The number of aromatic nitrogens is 3. The quantitative estimate of drug-likeness (QED) is 0.919. The van der Waals surface area contributed by atoms with Crippen LogP contribution in [0.15, 0.2) is 27.6 Å². The van der Waals surface area contributed by atoms with Gasteiger partial charge in [-0.15, -0.1) is 0 Å². The topological polar surface area (TPSA) is 58.6 Å². The van der Waals surface area contributed by atoms with Crippen molar-refractivity contribution in [2.75, 3.05) is 0 Å². The average molecular weight is 329 g/mol. The van der Waals surface area contributed by atoms with E-state index in [2.05, 4.69) is 30.9 Å². The molecular weight excluding hydrogens is 318 g/mol. The fraction of sp³-hybridized carbons (Fsp3) is 0.250. The molecule has 6 heteroatoms. The highest BCUT2D eigenvalue weighted by molar-refractivity contribution is 9.10. The van der Waals surface area contributed by atoms with E-state index >= 15 is 0 Å². The Morgan fingerprint density at radius 2 is 2.17 bits per heavy atom. The van der Waals surface area contributed by atoms with Crippen molar-refractivity contribution >= 4 is 27.5 Å². The lowest BCUT2D eigenvalue weighted by atomic mass is 10.1. The standard InChI is InChI=1S/C12H11BrClN3O/c1-6(2)9-8(13)12(18)17-11(16-9)10-7(14)4-3-5-15-10/h3-6H,1-2H3,(H,16,17,18). The number of nitrogens with one attached hydrogen (secondary N) is 1. The lowest BCUT2D eigenvalue weighted by Crippen LogP contribution is -2.15. The van der Waals surface area contributed by atoms with E-state index < -0.39 is 0 Å². The first kappa shape index (κ1) is 13.2. The molecule has 0 fully saturated rings. The number of aromatic amines is 1. The molecule has 2 rings (SSSR count). The molecule has 0 aliphatic heterocycles. The van der Waals surface area contributed by atoms with Gasteiger partial charge in [-0.25, -0.2) is 4.98 Å². The van der Waals surface area contributed by atoms with E-state index in [1.54, 1.807) is 18.3 Å². The molecule has 0 saturated carbocycles. The molecule has 2 heterocycles. The van der Waals surface area contributed by atoms with Crippen molar-refractivity contribution in [1.82, 2.24) is 15.0 Å². The molecular formula is C12H11BrClN3O. The summed E-state index contributed by atoms with van der Waals surface area (Å²) >= 11 is 9.29. The number of pyridine rings is 1. The van der Waals surface area contributed by atoms with Crippen molar-refractivity contribution in [3.63, 3.8) is 0 Å². The summed E-state index contributed by atoms with van der Waals surface area (Å²) in [6.45, 7) is 3.94. The summed E-state index contributed by atoms with van der Waals surface area (Å²) < 4.78 is 0.452. The van der Waals surface area contributed by atoms with Gasteiger partial charge < -0.3 is 4.98 Å². The summed E-state index contributed by atoms with van der Waals surface area (Å²) in [5.74, 6) is 0.514. The van der Waals surface area contributed by atoms with Crippen LogP contribution in [0.2, 0.25) is 5.02 Å². The van der Waals surface area contributed by atoms with Gasteiger partial charge in [-0.1, -0.05) is 25.4 Å². The lowest BCUT2D eigenvalue weighted by Gasteiger charge is -2.09. The van der Waals surface area contributed by atoms with E-state index in [1.807, 2.05) is 13.8 Å². The summed E-state index contributed by atoms with van der Waals surface area (Å²) in [6, 6.07) is 3.44. The number of H-pyrrole nitrogens is 1. The van der Waals surface area contributed by atoms with Crippen molar-refractivity contribution < 1.29 is 0 Å². The number of hydrogen-bond donors (Lipinski definition) is 1. The minimum Gasteiger partial charge on any atom is -0.304 e. The van der Waals surface area contributed by atoms with Crippen molar-refractivity contribution in [3.8, 4) is 11.5 Å². The highest BCUT2D eigenvalue weighted by Crippen LogP contribution is 2.25. The van der Waals surface area contributed by atoms with Crippen molar-refractivity contribution in [3.05, 3.63) is 43.9 Å². The maximum absolute atomic E-state index is 11.8. The van der Waals surface area contributed by atoms with E-state index in [0.717, 1.165) is 0 Å². The molecule has 94 valence electrons. The molecule has 2 aromatic heterocycles. The number of rotatable bonds is 2. The van der Waals surface area contributed by atoms with Crippen LogP contribution in [0.1, 0.15) is 25.5 Å². The Bertz CT molecular complexity index is 639. The van der Waals surface area contributed by atoms with Gasteiger partial charge in [0, 0.05) is 6.20 Å². The fourth-order valence-electron chi connectivity index (χ4n) is 1.53. The maximum atomic E-state index is 11.8.